The van der Waals surface area contributed by atoms with Crippen LogP contribution in [0.15, 0.2) is 41.3 Å². The number of sulfonamides is 1. The van der Waals surface area contributed by atoms with Crippen LogP contribution in [-0.4, -0.2) is 22.6 Å². The van der Waals surface area contributed by atoms with Gasteiger partial charge < -0.3 is 9.47 Å². The predicted molar refractivity (Wildman–Crippen MR) is 86.3 cm³/mol. The number of rotatable bonds is 5. The smallest absolute Gasteiger partial charge is 0.265 e. The van der Waals surface area contributed by atoms with Gasteiger partial charge in [0.05, 0.1) is 19.9 Å². The van der Waals surface area contributed by atoms with Crippen molar-refractivity contribution in [1.82, 2.24) is 0 Å². The first-order valence-corrected chi connectivity index (χ1v) is 8.18. The quantitative estimate of drug-likeness (QED) is 0.919. The van der Waals surface area contributed by atoms with Crippen LogP contribution in [0.25, 0.3) is 0 Å². The van der Waals surface area contributed by atoms with Gasteiger partial charge in [-0.15, -0.1) is 0 Å². The van der Waals surface area contributed by atoms with E-state index in [1.54, 1.807) is 18.2 Å². The minimum atomic E-state index is -3.78. The topological polar surface area (TPSA) is 64.6 Å². The van der Waals surface area contributed by atoms with Crippen LogP contribution in [0.4, 0.5) is 5.69 Å². The van der Waals surface area contributed by atoms with Crippen LogP contribution < -0.4 is 14.2 Å². The average molecular weight is 321 g/mol. The van der Waals surface area contributed by atoms with E-state index in [1.807, 2.05) is 26.0 Å². The molecule has 0 unspecified atom stereocenters. The normalized spacial score (nSPS) is 11.1. The Bertz CT molecular complexity index is 785. The van der Waals surface area contributed by atoms with Crippen LogP contribution in [0.2, 0.25) is 0 Å². The molecule has 0 bridgehead atoms. The van der Waals surface area contributed by atoms with Crippen molar-refractivity contribution >= 4 is 15.7 Å². The fourth-order valence-electron chi connectivity index (χ4n) is 2.12. The number of hydrogen-bond acceptors (Lipinski definition) is 4. The molecule has 0 fully saturated rings. The number of aryl methyl sites for hydroxylation is 2. The van der Waals surface area contributed by atoms with Crippen molar-refractivity contribution in [3.8, 4) is 11.5 Å². The van der Waals surface area contributed by atoms with Crippen LogP contribution in [0.5, 0.6) is 11.5 Å². The van der Waals surface area contributed by atoms with Gasteiger partial charge in [0.15, 0.2) is 0 Å². The van der Waals surface area contributed by atoms with Gasteiger partial charge in [-0.3, -0.25) is 4.72 Å². The van der Waals surface area contributed by atoms with Crippen molar-refractivity contribution in [1.29, 1.82) is 0 Å². The van der Waals surface area contributed by atoms with Gasteiger partial charge in [-0.1, -0.05) is 17.7 Å². The Hall–Kier alpha value is -2.21. The lowest BCUT2D eigenvalue weighted by molar-refractivity contribution is 0.392. The van der Waals surface area contributed by atoms with Crippen molar-refractivity contribution in [3.63, 3.8) is 0 Å². The molecule has 2 aromatic carbocycles. The number of ether oxygens (including phenoxy) is 2. The van der Waals surface area contributed by atoms with Crippen molar-refractivity contribution in [2.75, 3.05) is 18.9 Å². The SMILES string of the molecule is COc1ccc(OC)c(S(=O)(=O)Nc2ccc(C)cc2C)c1. The highest BCUT2D eigenvalue weighted by atomic mass is 32.2. The second-order valence-corrected chi connectivity index (χ2v) is 6.59. The highest BCUT2D eigenvalue weighted by molar-refractivity contribution is 7.92. The molecule has 0 aliphatic rings. The zero-order valence-electron chi connectivity index (χ0n) is 13.0. The van der Waals surface area contributed by atoms with Gasteiger partial charge in [-0.2, -0.15) is 0 Å². The third-order valence-corrected chi connectivity index (χ3v) is 4.67. The highest BCUT2D eigenvalue weighted by Crippen LogP contribution is 2.30. The van der Waals surface area contributed by atoms with E-state index in [2.05, 4.69) is 4.72 Å². The van der Waals surface area contributed by atoms with E-state index < -0.39 is 10.0 Å². The molecule has 0 aliphatic heterocycles. The highest BCUT2D eigenvalue weighted by Gasteiger charge is 2.21. The first kappa shape index (κ1) is 16.2. The van der Waals surface area contributed by atoms with Crippen LogP contribution in [0.1, 0.15) is 11.1 Å². The minimum absolute atomic E-state index is 0.0364. The molecule has 5 nitrogen and oxygen atoms in total. The molecule has 0 aliphatic carbocycles. The summed E-state index contributed by atoms with van der Waals surface area (Å²) in [5.74, 6) is 0.708. The Balaban J connectivity index is 2.46. The lowest BCUT2D eigenvalue weighted by atomic mass is 10.1. The van der Waals surface area contributed by atoms with E-state index >= 15 is 0 Å². The van der Waals surface area contributed by atoms with E-state index in [4.69, 9.17) is 9.47 Å². The minimum Gasteiger partial charge on any atom is -0.497 e. The van der Waals surface area contributed by atoms with E-state index in [0.29, 0.717) is 11.4 Å². The molecule has 2 rings (SSSR count). The molecule has 0 saturated carbocycles. The van der Waals surface area contributed by atoms with Crippen molar-refractivity contribution in [2.24, 2.45) is 0 Å². The Morgan fingerprint density at radius 3 is 2.27 bits per heavy atom. The second-order valence-electron chi connectivity index (χ2n) is 4.94. The molecule has 1 N–H and O–H groups in total. The maximum Gasteiger partial charge on any atom is 0.265 e. The average Bonchev–Trinajstić information content (AvgIpc) is 2.49. The Morgan fingerprint density at radius 1 is 0.955 bits per heavy atom. The number of benzene rings is 2. The van der Waals surface area contributed by atoms with Crippen LogP contribution in [0.3, 0.4) is 0 Å². The fraction of sp³-hybridized carbons (Fsp3) is 0.250. The van der Waals surface area contributed by atoms with Crippen LogP contribution in [-0.2, 0) is 10.0 Å². The van der Waals surface area contributed by atoms with Gasteiger partial charge in [0, 0.05) is 6.07 Å². The zero-order chi connectivity index (χ0) is 16.3. The Morgan fingerprint density at radius 2 is 1.68 bits per heavy atom. The summed E-state index contributed by atoms with van der Waals surface area (Å²) in [6.45, 7) is 3.81. The molecule has 118 valence electrons. The van der Waals surface area contributed by atoms with E-state index in [1.165, 1.54) is 20.3 Å². The van der Waals surface area contributed by atoms with Crippen LogP contribution in [0, 0.1) is 13.8 Å². The first-order chi connectivity index (χ1) is 10.4. The molecule has 22 heavy (non-hydrogen) atoms. The van der Waals surface area contributed by atoms with Gasteiger partial charge in [0.1, 0.15) is 16.4 Å². The molecule has 0 heterocycles. The molecular formula is C16H19NO4S. The van der Waals surface area contributed by atoms with Gasteiger partial charge in [0.25, 0.3) is 10.0 Å². The van der Waals surface area contributed by atoms with E-state index in [0.717, 1.165) is 11.1 Å². The standard InChI is InChI=1S/C16H19NO4S/c1-11-5-7-14(12(2)9-11)17-22(18,19)16-10-13(20-3)6-8-15(16)21-4/h5-10,17H,1-4H3. The van der Waals surface area contributed by atoms with Gasteiger partial charge in [-0.25, -0.2) is 8.42 Å². The molecule has 6 heteroatoms. The summed E-state index contributed by atoms with van der Waals surface area (Å²) in [5.41, 5.74) is 2.46. The monoisotopic (exact) mass is 321 g/mol. The lowest BCUT2D eigenvalue weighted by Gasteiger charge is -2.14. The van der Waals surface area contributed by atoms with E-state index in [9.17, 15) is 8.42 Å². The maximum absolute atomic E-state index is 12.6. The third kappa shape index (κ3) is 3.33. The van der Waals surface area contributed by atoms with Crippen molar-refractivity contribution < 1.29 is 17.9 Å². The summed E-state index contributed by atoms with van der Waals surface area (Å²) in [6, 6.07) is 10.2. The number of nitrogens with one attached hydrogen (secondary N) is 1. The number of methoxy groups -OCH3 is 2. The molecular weight excluding hydrogens is 302 g/mol. The Labute approximate surface area is 130 Å². The van der Waals surface area contributed by atoms with Crippen molar-refractivity contribution in [3.05, 3.63) is 47.5 Å². The largest absolute Gasteiger partial charge is 0.497 e. The number of anilines is 1. The van der Waals surface area contributed by atoms with Gasteiger partial charge in [-0.05, 0) is 37.6 Å². The summed E-state index contributed by atoms with van der Waals surface area (Å²) in [4.78, 5) is 0.0364. The number of hydrogen-bond donors (Lipinski definition) is 1. The summed E-state index contributed by atoms with van der Waals surface area (Å²) < 4.78 is 38.1. The van der Waals surface area contributed by atoms with Crippen molar-refractivity contribution in [2.45, 2.75) is 18.7 Å². The molecule has 0 atom stereocenters. The summed E-state index contributed by atoms with van der Waals surface area (Å²) in [6.07, 6.45) is 0. The molecule has 0 aromatic heterocycles. The molecule has 2 aromatic rings. The molecule has 0 radical (unpaired) electrons. The van der Waals surface area contributed by atoms with Crippen LogP contribution >= 0.6 is 0 Å². The lowest BCUT2D eigenvalue weighted by Crippen LogP contribution is -2.15. The zero-order valence-corrected chi connectivity index (χ0v) is 13.8. The van der Waals surface area contributed by atoms with Gasteiger partial charge in [0.2, 0.25) is 0 Å². The third-order valence-electron chi connectivity index (χ3n) is 3.29. The fourth-order valence-corrected chi connectivity index (χ4v) is 3.44. The van der Waals surface area contributed by atoms with E-state index in [-0.39, 0.29) is 10.6 Å². The van der Waals surface area contributed by atoms with Gasteiger partial charge >= 0.3 is 0 Å². The maximum atomic E-state index is 12.6. The summed E-state index contributed by atoms with van der Waals surface area (Å²) >= 11 is 0. The second kappa shape index (κ2) is 6.27. The molecule has 0 amide bonds. The first-order valence-electron chi connectivity index (χ1n) is 6.69. The predicted octanol–water partition coefficient (Wildman–Crippen LogP) is 3.12. The summed E-state index contributed by atoms with van der Waals surface area (Å²) in [7, 11) is -0.869. The summed E-state index contributed by atoms with van der Waals surface area (Å²) in [5, 5.41) is 0. The molecule has 0 spiro atoms. The Kier molecular flexibility index (Phi) is 4.61. The molecule has 0 saturated heterocycles.